The molecule has 2 N–H and O–H groups in total. The Morgan fingerprint density at radius 1 is 1.13 bits per heavy atom. The van der Waals surface area contributed by atoms with Crippen LogP contribution in [0.5, 0.6) is 0 Å². The number of anilines is 1. The average Bonchev–Trinajstić information content (AvgIpc) is 3.21. The number of aliphatic hydroxyl groups is 1. The van der Waals surface area contributed by atoms with Crippen molar-refractivity contribution in [1.82, 2.24) is 19.7 Å². The molecule has 6 nitrogen and oxygen atoms in total. The van der Waals surface area contributed by atoms with Crippen molar-refractivity contribution in [2.45, 2.75) is 31.3 Å². The fourth-order valence-corrected chi connectivity index (χ4v) is 3.20. The first-order valence-corrected chi connectivity index (χ1v) is 7.96. The third-order valence-corrected chi connectivity index (χ3v) is 4.49. The van der Waals surface area contributed by atoms with E-state index in [1.807, 2.05) is 30.3 Å². The molecule has 1 aliphatic carbocycles. The summed E-state index contributed by atoms with van der Waals surface area (Å²) in [4.78, 5) is 8.68. The molecule has 3 aromatic rings. The predicted octanol–water partition coefficient (Wildman–Crippen LogP) is 2.53. The monoisotopic (exact) mass is 309 g/mol. The van der Waals surface area contributed by atoms with Gasteiger partial charge in [0.15, 0.2) is 5.65 Å². The zero-order chi connectivity index (χ0) is 15.7. The summed E-state index contributed by atoms with van der Waals surface area (Å²) in [6, 6.07) is 9.89. The second-order valence-corrected chi connectivity index (χ2v) is 6.14. The molecule has 0 unspecified atom stereocenters. The second-order valence-electron chi connectivity index (χ2n) is 6.14. The lowest BCUT2D eigenvalue weighted by atomic mass is 10.0. The van der Waals surface area contributed by atoms with Gasteiger partial charge in [-0.2, -0.15) is 5.10 Å². The smallest absolute Gasteiger partial charge is 0.168 e. The first kappa shape index (κ1) is 14.1. The van der Waals surface area contributed by atoms with E-state index in [2.05, 4.69) is 20.4 Å². The van der Waals surface area contributed by atoms with Gasteiger partial charge >= 0.3 is 0 Å². The number of rotatable bonds is 4. The molecule has 6 heteroatoms. The first-order chi connectivity index (χ1) is 11.3. The predicted molar refractivity (Wildman–Crippen MR) is 88.6 cm³/mol. The molecule has 1 fully saturated rings. The zero-order valence-corrected chi connectivity index (χ0v) is 12.8. The third kappa shape index (κ3) is 2.66. The van der Waals surface area contributed by atoms with Gasteiger partial charge in [-0.25, -0.2) is 14.6 Å². The summed E-state index contributed by atoms with van der Waals surface area (Å²) in [5.74, 6) is 0.720. The van der Waals surface area contributed by atoms with Crippen LogP contribution in [0.2, 0.25) is 0 Å². The molecular weight excluding hydrogens is 290 g/mol. The topological polar surface area (TPSA) is 75.9 Å². The van der Waals surface area contributed by atoms with Gasteiger partial charge in [-0.05, 0) is 25.0 Å². The maximum absolute atomic E-state index is 10.5. The number of hydrogen-bond acceptors (Lipinski definition) is 5. The second kappa shape index (κ2) is 5.62. The van der Waals surface area contributed by atoms with Gasteiger partial charge in [0, 0.05) is 6.54 Å². The minimum absolute atomic E-state index is 0.510. The fraction of sp³-hybridized carbons (Fsp3) is 0.353. The van der Waals surface area contributed by atoms with E-state index < -0.39 is 5.60 Å². The molecule has 0 radical (unpaired) electrons. The van der Waals surface area contributed by atoms with Crippen LogP contribution in [0.15, 0.2) is 42.9 Å². The van der Waals surface area contributed by atoms with E-state index in [-0.39, 0.29) is 0 Å². The lowest BCUT2D eigenvalue weighted by Crippen LogP contribution is -2.33. The summed E-state index contributed by atoms with van der Waals surface area (Å²) in [7, 11) is 0. The lowest BCUT2D eigenvalue weighted by Gasteiger charge is -2.22. The lowest BCUT2D eigenvalue weighted by molar-refractivity contribution is 0.0614. The molecular formula is C17H19N5O. The Kier molecular flexibility index (Phi) is 3.46. The standard InChI is InChI=1S/C17H19N5O/c23-17(8-4-5-9-17)11-18-15-14-10-21-22(16(14)20-12-19-15)13-6-2-1-3-7-13/h1-3,6-7,10,12,23H,4-5,8-9,11H2,(H,18,19,20). The van der Waals surface area contributed by atoms with Crippen LogP contribution in [0.25, 0.3) is 16.7 Å². The van der Waals surface area contributed by atoms with E-state index in [0.29, 0.717) is 6.54 Å². The molecule has 23 heavy (non-hydrogen) atoms. The molecule has 2 heterocycles. The Morgan fingerprint density at radius 2 is 1.91 bits per heavy atom. The Labute approximate surface area is 134 Å². The molecule has 1 aliphatic rings. The quantitative estimate of drug-likeness (QED) is 0.774. The average molecular weight is 309 g/mol. The van der Waals surface area contributed by atoms with Crippen molar-refractivity contribution in [3.05, 3.63) is 42.9 Å². The Morgan fingerprint density at radius 3 is 2.70 bits per heavy atom. The van der Waals surface area contributed by atoms with Gasteiger partial charge in [-0.1, -0.05) is 31.0 Å². The molecule has 1 saturated carbocycles. The molecule has 1 aromatic carbocycles. The van der Waals surface area contributed by atoms with Crippen molar-refractivity contribution in [2.75, 3.05) is 11.9 Å². The van der Waals surface area contributed by atoms with Crippen molar-refractivity contribution in [1.29, 1.82) is 0 Å². The highest BCUT2D eigenvalue weighted by Crippen LogP contribution is 2.30. The normalized spacial score (nSPS) is 16.7. The number of para-hydroxylation sites is 1. The molecule has 0 amide bonds. The van der Waals surface area contributed by atoms with Crippen LogP contribution in [0, 0.1) is 0 Å². The van der Waals surface area contributed by atoms with Gasteiger partial charge in [0.1, 0.15) is 12.1 Å². The first-order valence-electron chi connectivity index (χ1n) is 7.96. The summed E-state index contributed by atoms with van der Waals surface area (Å²) < 4.78 is 1.80. The number of benzene rings is 1. The molecule has 0 spiro atoms. The molecule has 2 aromatic heterocycles. The molecule has 4 rings (SSSR count). The Hall–Kier alpha value is -2.47. The van der Waals surface area contributed by atoms with Gasteiger partial charge in [-0.15, -0.1) is 0 Å². The van der Waals surface area contributed by atoms with Crippen molar-refractivity contribution >= 4 is 16.9 Å². The van der Waals surface area contributed by atoms with E-state index >= 15 is 0 Å². The maximum Gasteiger partial charge on any atom is 0.168 e. The number of hydrogen-bond donors (Lipinski definition) is 2. The number of nitrogens with one attached hydrogen (secondary N) is 1. The summed E-state index contributed by atoms with van der Waals surface area (Å²) in [5, 5.41) is 19.1. The molecule has 118 valence electrons. The summed E-state index contributed by atoms with van der Waals surface area (Å²) >= 11 is 0. The highest BCUT2D eigenvalue weighted by molar-refractivity contribution is 5.87. The largest absolute Gasteiger partial charge is 0.388 e. The number of fused-ring (bicyclic) bond motifs is 1. The van der Waals surface area contributed by atoms with Crippen molar-refractivity contribution in [3.8, 4) is 5.69 Å². The third-order valence-electron chi connectivity index (χ3n) is 4.49. The SMILES string of the molecule is OC1(CNc2ncnc3c2cnn3-c2ccccc2)CCCC1. The van der Waals surface area contributed by atoms with Gasteiger partial charge in [-0.3, -0.25) is 0 Å². The minimum Gasteiger partial charge on any atom is -0.388 e. The van der Waals surface area contributed by atoms with Crippen LogP contribution >= 0.6 is 0 Å². The van der Waals surface area contributed by atoms with Crippen LogP contribution in [0.4, 0.5) is 5.82 Å². The summed E-state index contributed by atoms with van der Waals surface area (Å²) in [6.07, 6.45) is 7.16. The highest BCUT2D eigenvalue weighted by atomic mass is 16.3. The van der Waals surface area contributed by atoms with Gasteiger partial charge in [0.2, 0.25) is 0 Å². The van der Waals surface area contributed by atoms with E-state index in [9.17, 15) is 5.11 Å². The van der Waals surface area contributed by atoms with Crippen LogP contribution in [0.3, 0.4) is 0 Å². The van der Waals surface area contributed by atoms with Crippen LogP contribution in [-0.4, -0.2) is 37.0 Å². The Bertz CT molecular complexity index is 808. The molecule has 0 aliphatic heterocycles. The van der Waals surface area contributed by atoms with Gasteiger partial charge in [0.05, 0.1) is 22.9 Å². The fourth-order valence-electron chi connectivity index (χ4n) is 3.20. The van der Waals surface area contributed by atoms with Crippen LogP contribution < -0.4 is 5.32 Å². The van der Waals surface area contributed by atoms with Crippen molar-refractivity contribution in [2.24, 2.45) is 0 Å². The van der Waals surface area contributed by atoms with E-state index in [1.165, 1.54) is 6.33 Å². The van der Waals surface area contributed by atoms with Crippen LogP contribution in [-0.2, 0) is 0 Å². The summed E-state index contributed by atoms with van der Waals surface area (Å²) in [5.41, 5.74) is 1.10. The van der Waals surface area contributed by atoms with E-state index in [1.54, 1.807) is 10.9 Å². The van der Waals surface area contributed by atoms with E-state index in [0.717, 1.165) is 48.2 Å². The Balaban J connectivity index is 1.65. The zero-order valence-electron chi connectivity index (χ0n) is 12.8. The number of aromatic nitrogens is 4. The van der Waals surface area contributed by atoms with Crippen molar-refractivity contribution in [3.63, 3.8) is 0 Å². The summed E-state index contributed by atoms with van der Waals surface area (Å²) in [6.45, 7) is 0.510. The van der Waals surface area contributed by atoms with Gasteiger partial charge < -0.3 is 10.4 Å². The molecule has 0 bridgehead atoms. The van der Waals surface area contributed by atoms with Crippen molar-refractivity contribution < 1.29 is 5.11 Å². The minimum atomic E-state index is -0.618. The highest BCUT2D eigenvalue weighted by Gasteiger charge is 2.31. The van der Waals surface area contributed by atoms with E-state index in [4.69, 9.17) is 0 Å². The number of nitrogens with zero attached hydrogens (tertiary/aromatic N) is 4. The molecule has 0 atom stereocenters. The molecule has 0 saturated heterocycles. The van der Waals surface area contributed by atoms with Gasteiger partial charge in [0.25, 0.3) is 0 Å². The maximum atomic E-state index is 10.5. The van der Waals surface area contributed by atoms with Crippen LogP contribution in [0.1, 0.15) is 25.7 Å².